The van der Waals surface area contributed by atoms with Gasteiger partial charge in [0.1, 0.15) is 23.0 Å². The molecule has 9 nitrogen and oxygen atoms in total. The van der Waals surface area contributed by atoms with Crippen LogP contribution in [0.4, 0.5) is 16.5 Å². The number of esters is 1. The Hall–Kier alpha value is -3.22. The third-order valence-electron chi connectivity index (χ3n) is 5.18. The lowest BCUT2D eigenvalue weighted by molar-refractivity contribution is 0.0468. The Bertz CT molecular complexity index is 1620. The Morgan fingerprint density at radius 3 is 2.36 bits per heavy atom. The number of hydrogen-bond acceptors (Lipinski definition) is 9. The first kappa shape index (κ1) is 28.8. The standard InChI is InChI=1S/C25H20Cl3N3O6S2/c1-35-21-11-22(36-2)20(10-18(21)27)31-39(33,34)23-8-16(17(26)9-19(23)28)24(32)37-12-15-13-38-25(30-15)29-14-6-4-3-5-7-14/h3-11,13,31H,12H2,1-2H3,(H,29,30). The first-order valence-electron chi connectivity index (χ1n) is 11.0. The molecule has 3 aromatic carbocycles. The quantitative estimate of drug-likeness (QED) is 0.180. The van der Waals surface area contributed by atoms with Gasteiger partial charge < -0.3 is 19.5 Å². The van der Waals surface area contributed by atoms with Crippen molar-refractivity contribution in [2.75, 3.05) is 24.3 Å². The summed E-state index contributed by atoms with van der Waals surface area (Å²) in [6.45, 7) is -0.160. The summed E-state index contributed by atoms with van der Waals surface area (Å²) in [4.78, 5) is 16.8. The molecule has 0 unspecified atom stereocenters. The largest absolute Gasteiger partial charge is 0.495 e. The van der Waals surface area contributed by atoms with E-state index in [1.165, 1.54) is 37.7 Å². The van der Waals surface area contributed by atoms with E-state index >= 15 is 0 Å². The minimum Gasteiger partial charge on any atom is -0.495 e. The molecule has 0 radical (unpaired) electrons. The number of para-hydroxylation sites is 1. The molecule has 0 spiro atoms. The van der Waals surface area contributed by atoms with Gasteiger partial charge in [0, 0.05) is 17.1 Å². The Morgan fingerprint density at radius 1 is 0.949 bits per heavy atom. The van der Waals surface area contributed by atoms with Gasteiger partial charge in [0.15, 0.2) is 5.13 Å². The predicted octanol–water partition coefficient (Wildman–Crippen LogP) is 7.02. The molecule has 0 atom stereocenters. The van der Waals surface area contributed by atoms with Crippen LogP contribution in [-0.4, -0.2) is 33.6 Å². The number of aromatic nitrogens is 1. The topological polar surface area (TPSA) is 116 Å². The average Bonchev–Trinajstić information content (AvgIpc) is 3.35. The molecule has 0 aliphatic heterocycles. The second-order valence-electron chi connectivity index (χ2n) is 7.77. The van der Waals surface area contributed by atoms with Crippen LogP contribution < -0.4 is 19.5 Å². The lowest BCUT2D eigenvalue weighted by Crippen LogP contribution is -2.16. The maximum atomic E-state index is 13.2. The van der Waals surface area contributed by atoms with E-state index < -0.39 is 20.9 Å². The van der Waals surface area contributed by atoms with E-state index in [-0.39, 0.29) is 44.4 Å². The second-order valence-corrected chi connectivity index (χ2v) is 11.5. The van der Waals surface area contributed by atoms with Gasteiger partial charge in [-0.15, -0.1) is 11.3 Å². The number of sulfonamides is 1. The summed E-state index contributed by atoms with van der Waals surface area (Å²) in [5, 5.41) is 5.35. The Balaban J connectivity index is 1.52. The highest BCUT2D eigenvalue weighted by molar-refractivity contribution is 7.92. The lowest BCUT2D eigenvalue weighted by atomic mass is 10.2. The van der Waals surface area contributed by atoms with E-state index in [2.05, 4.69) is 15.0 Å². The van der Waals surface area contributed by atoms with E-state index in [9.17, 15) is 13.2 Å². The molecule has 2 N–H and O–H groups in total. The van der Waals surface area contributed by atoms with Gasteiger partial charge in [-0.1, -0.05) is 53.0 Å². The van der Waals surface area contributed by atoms with Crippen LogP contribution in [0.25, 0.3) is 0 Å². The summed E-state index contributed by atoms with van der Waals surface area (Å²) in [6.07, 6.45) is 0. The van der Waals surface area contributed by atoms with E-state index in [1.54, 1.807) is 5.38 Å². The summed E-state index contributed by atoms with van der Waals surface area (Å²) in [7, 11) is -1.56. The van der Waals surface area contributed by atoms with Gasteiger partial charge in [-0.3, -0.25) is 4.72 Å². The van der Waals surface area contributed by atoms with Crippen LogP contribution in [0, 0.1) is 0 Å². The molecule has 0 bridgehead atoms. The lowest BCUT2D eigenvalue weighted by Gasteiger charge is -2.15. The van der Waals surface area contributed by atoms with Crippen molar-refractivity contribution in [1.29, 1.82) is 0 Å². The minimum atomic E-state index is -4.33. The molecule has 0 fully saturated rings. The number of carbonyl (C=O) groups is 1. The van der Waals surface area contributed by atoms with Crippen LogP contribution in [0.3, 0.4) is 0 Å². The van der Waals surface area contributed by atoms with Crippen LogP contribution >= 0.6 is 46.1 Å². The van der Waals surface area contributed by atoms with E-state index in [0.717, 1.165) is 17.8 Å². The fourth-order valence-electron chi connectivity index (χ4n) is 3.32. The number of halogens is 3. The van der Waals surface area contributed by atoms with Crippen LogP contribution in [-0.2, 0) is 21.4 Å². The monoisotopic (exact) mass is 627 g/mol. The third kappa shape index (κ3) is 6.87. The number of nitrogens with zero attached hydrogens (tertiary/aromatic N) is 1. The summed E-state index contributed by atoms with van der Waals surface area (Å²) in [5.74, 6) is -0.424. The number of rotatable bonds is 10. The van der Waals surface area contributed by atoms with Crippen LogP contribution in [0.2, 0.25) is 15.1 Å². The summed E-state index contributed by atoms with van der Waals surface area (Å²) in [6, 6.07) is 14.4. The molecule has 4 aromatic rings. The molecular formula is C25H20Cl3N3O6S2. The first-order chi connectivity index (χ1) is 18.6. The molecule has 39 heavy (non-hydrogen) atoms. The molecule has 1 aromatic heterocycles. The molecule has 14 heteroatoms. The third-order valence-corrected chi connectivity index (χ3v) is 8.42. The van der Waals surface area contributed by atoms with E-state index in [1.807, 2.05) is 30.3 Å². The summed E-state index contributed by atoms with van der Waals surface area (Å²) < 4.78 is 44.6. The number of thiazole rings is 1. The first-order valence-corrected chi connectivity index (χ1v) is 14.5. The van der Waals surface area contributed by atoms with Crippen LogP contribution in [0.15, 0.2) is 64.9 Å². The molecule has 0 aliphatic rings. The molecule has 1 heterocycles. The van der Waals surface area contributed by atoms with Gasteiger partial charge in [-0.25, -0.2) is 18.2 Å². The highest BCUT2D eigenvalue weighted by atomic mass is 35.5. The second kappa shape index (κ2) is 12.3. The number of hydrogen-bond donors (Lipinski definition) is 2. The average molecular weight is 629 g/mol. The maximum Gasteiger partial charge on any atom is 0.340 e. The number of benzene rings is 3. The Morgan fingerprint density at radius 2 is 1.67 bits per heavy atom. The summed E-state index contributed by atoms with van der Waals surface area (Å²) >= 11 is 19.9. The van der Waals surface area contributed by atoms with Gasteiger partial charge in [0.2, 0.25) is 0 Å². The highest BCUT2D eigenvalue weighted by Crippen LogP contribution is 2.38. The highest BCUT2D eigenvalue weighted by Gasteiger charge is 2.25. The zero-order valence-electron chi connectivity index (χ0n) is 20.3. The fourth-order valence-corrected chi connectivity index (χ4v) is 6.19. The van der Waals surface area contributed by atoms with Crippen molar-refractivity contribution in [2.24, 2.45) is 0 Å². The van der Waals surface area contributed by atoms with Crippen LogP contribution in [0.5, 0.6) is 11.5 Å². The number of carbonyl (C=O) groups excluding carboxylic acids is 1. The van der Waals surface area contributed by atoms with E-state index in [4.69, 9.17) is 49.0 Å². The summed E-state index contributed by atoms with van der Waals surface area (Å²) in [5.41, 5.74) is 1.19. The van der Waals surface area contributed by atoms with Gasteiger partial charge in [-0.2, -0.15) is 0 Å². The van der Waals surface area contributed by atoms with Crippen molar-refractivity contribution in [3.8, 4) is 11.5 Å². The predicted molar refractivity (Wildman–Crippen MR) is 153 cm³/mol. The van der Waals surface area contributed by atoms with Gasteiger partial charge in [0.05, 0.1) is 46.2 Å². The molecular weight excluding hydrogens is 609 g/mol. The van der Waals surface area contributed by atoms with Crippen molar-refractivity contribution in [3.63, 3.8) is 0 Å². The zero-order chi connectivity index (χ0) is 28.2. The van der Waals surface area contributed by atoms with Gasteiger partial charge in [-0.05, 0) is 30.3 Å². The van der Waals surface area contributed by atoms with E-state index in [0.29, 0.717) is 10.8 Å². The van der Waals surface area contributed by atoms with Crippen molar-refractivity contribution >= 4 is 78.6 Å². The Kier molecular flexibility index (Phi) is 9.08. The van der Waals surface area contributed by atoms with Crippen molar-refractivity contribution in [2.45, 2.75) is 11.5 Å². The Labute approximate surface area is 243 Å². The smallest absolute Gasteiger partial charge is 0.340 e. The zero-order valence-corrected chi connectivity index (χ0v) is 24.2. The number of ether oxygens (including phenoxy) is 3. The fraction of sp³-hybridized carbons (Fsp3) is 0.120. The van der Waals surface area contributed by atoms with Gasteiger partial charge >= 0.3 is 5.97 Å². The molecule has 0 saturated carbocycles. The van der Waals surface area contributed by atoms with Gasteiger partial charge in [0.25, 0.3) is 10.0 Å². The maximum absolute atomic E-state index is 13.2. The molecule has 204 valence electrons. The number of methoxy groups -OCH3 is 2. The van der Waals surface area contributed by atoms with Crippen molar-refractivity contribution in [3.05, 3.63) is 86.3 Å². The molecule has 4 rings (SSSR count). The normalized spacial score (nSPS) is 11.1. The van der Waals surface area contributed by atoms with Crippen LogP contribution in [0.1, 0.15) is 16.1 Å². The minimum absolute atomic E-state index is 0.0295. The molecule has 0 aliphatic carbocycles. The van der Waals surface area contributed by atoms with Crippen molar-refractivity contribution < 1.29 is 27.4 Å². The number of nitrogens with one attached hydrogen (secondary N) is 2. The molecule has 0 saturated heterocycles. The number of anilines is 3. The molecule has 0 amide bonds. The SMILES string of the molecule is COc1cc(OC)c(NS(=O)(=O)c2cc(C(=O)OCc3csc(Nc4ccccc4)n3)c(Cl)cc2Cl)cc1Cl. The van der Waals surface area contributed by atoms with Crippen molar-refractivity contribution in [1.82, 2.24) is 4.98 Å².